The fourth-order valence-corrected chi connectivity index (χ4v) is 2.18. The van der Waals surface area contributed by atoms with Gasteiger partial charge in [0.2, 0.25) is 5.91 Å². The highest BCUT2D eigenvalue weighted by molar-refractivity contribution is 5.76. The van der Waals surface area contributed by atoms with Gasteiger partial charge in [-0.3, -0.25) is 4.79 Å². The summed E-state index contributed by atoms with van der Waals surface area (Å²) in [5.74, 6) is -0.391. The van der Waals surface area contributed by atoms with E-state index in [0.29, 0.717) is 18.5 Å². The molecule has 22 heavy (non-hydrogen) atoms. The maximum Gasteiger partial charge on any atom is 0.222 e. The summed E-state index contributed by atoms with van der Waals surface area (Å²) in [4.78, 5) is 11.8. The average Bonchev–Trinajstić information content (AvgIpc) is 2.51. The molecule has 2 aromatic rings. The van der Waals surface area contributed by atoms with Crippen LogP contribution in [0.25, 0.3) is 0 Å². The van der Waals surface area contributed by atoms with E-state index >= 15 is 0 Å². The van der Waals surface area contributed by atoms with Gasteiger partial charge in [0, 0.05) is 30.8 Å². The van der Waals surface area contributed by atoms with Gasteiger partial charge in [-0.25, -0.2) is 4.39 Å². The molecule has 0 aliphatic carbocycles. The second kappa shape index (κ2) is 7.59. The van der Waals surface area contributed by atoms with E-state index in [1.165, 1.54) is 17.2 Å². The molecule has 0 saturated carbocycles. The molecule has 1 amide bonds. The molecule has 0 heterocycles. The lowest BCUT2D eigenvalue weighted by atomic mass is 10.1. The van der Waals surface area contributed by atoms with E-state index in [4.69, 9.17) is 0 Å². The number of rotatable bonds is 6. The molecule has 4 heteroatoms. The lowest BCUT2D eigenvalue weighted by Gasteiger charge is -2.11. The van der Waals surface area contributed by atoms with Gasteiger partial charge in [0.25, 0.3) is 0 Å². The number of carbonyl (C=O) groups excluding carboxylic acids is 1. The second-order valence-electron chi connectivity index (χ2n) is 5.29. The lowest BCUT2D eigenvalue weighted by molar-refractivity contribution is -0.121. The van der Waals surface area contributed by atoms with Gasteiger partial charge in [-0.2, -0.15) is 0 Å². The highest BCUT2D eigenvalue weighted by Crippen LogP contribution is 2.17. The Morgan fingerprint density at radius 2 is 1.86 bits per heavy atom. The molecule has 0 saturated heterocycles. The van der Waals surface area contributed by atoms with Gasteiger partial charge in [0.1, 0.15) is 5.82 Å². The predicted octanol–water partition coefficient (Wildman–Crippen LogP) is 3.56. The van der Waals surface area contributed by atoms with Crippen LogP contribution in [0.5, 0.6) is 0 Å². The van der Waals surface area contributed by atoms with E-state index in [1.54, 1.807) is 18.2 Å². The molecule has 116 valence electrons. The summed E-state index contributed by atoms with van der Waals surface area (Å²) in [7, 11) is 0. The van der Waals surface area contributed by atoms with Crippen LogP contribution < -0.4 is 10.6 Å². The standard InChI is InChI=1S/C18H21FN2O/c1-13-6-5-9-17(14(13)2)20-11-10-18(22)21-12-15-7-3-4-8-16(15)19/h3-9,20H,10-12H2,1-2H3,(H,21,22). The number of halogens is 1. The third-order valence-corrected chi connectivity index (χ3v) is 3.71. The van der Waals surface area contributed by atoms with Crippen LogP contribution >= 0.6 is 0 Å². The van der Waals surface area contributed by atoms with Gasteiger partial charge in [0.05, 0.1) is 0 Å². The summed E-state index contributed by atoms with van der Waals surface area (Å²) < 4.78 is 13.4. The summed E-state index contributed by atoms with van der Waals surface area (Å²) >= 11 is 0. The zero-order chi connectivity index (χ0) is 15.9. The fourth-order valence-electron chi connectivity index (χ4n) is 2.18. The quantitative estimate of drug-likeness (QED) is 0.856. The number of nitrogens with one attached hydrogen (secondary N) is 2. The van der Waals surface area contributed by atoms with Crippen molar-refractivity contribution in [1.29, 1.82) is 0 Å². The number of hydrogen-bond donors (Lipinski definition) is 2. The van der Waals surface area contributed by atoms with Crippen molar-refractivity contribution in [1.82, 2.24) is 5.32 Å². The number of amides is 1. The summed E-state index contributed by atoms with van der Waals surface area (Å²) in [5.41, 5.74) is 3.95. The van der Waals surface area contributed by atoms with Crippen LogP contribution in [-0.2, 0) is 11.3 Å². The maximum atomic E-state index is 13.4. The minimum atomic E-state index is -0.295. The van der Waals surface area contributed by atoms with Crippen LogP contribution in [0.1, 0.15) is 23.1 Å². The molecule has 0 bridgehead atoms. The summed E-state index contributed by atoms with van der Waals surface area (Å²) in [6.45, 7) is 4.87. The Balaban J connectivity index is 1.76. The molecule has 3 nitrogen and oxygen atoms in total. The van der Waals surface area contributed by atoms with E-state index in [-0.39, 0.29) is 18.3 Å². The second-order valence-corrected chi connectivity index (χ2v) is 5.29. The average molecular weight is 300 g/mol. The van der Waals surface area contributed by atoms with Crippen molar-refractivity contribution < 1.29 is 9.18 Å². The molecular weight excluding hydrogens is 279 g/mol. The molecule has 0 spiro atoms. The molecule has 0 atom stereocenters. The van der Waals surface area contributed by atoms with Crippen LogP contribution in [0.4, 0.5) is 10.1 Å². The molecule has 2 rings (SSSR count). The summed E-state index contributed by atoms with van der Waals surface area (Å²) in [5, 5.41) is 5.99. The van der Waals surface area contributed by atoms with E-state index in [9.17, 15) is 9.18 Å². The summed E-state index contributed by atoms with van der Waals surface area (Å²) in [6, 6.07) is 12.5. The first-order chi connectivity index (χ1) is 10.6. The van der Waals surface area contributed by atoms with Crippen molar-refractivity contribution in [2.45, 2.75) is 26.8 Å². The van der Waals surface area contributed by atoms with E-state index in [1.807, 2.05) is 12.1 Å². The number of benzene rings is 2. The first kappa shape index (κ1) is 16.0. The number of hydrogen-bond acceptors (Lipinski definition) is 2. The molecule has 0 radical (unpaired) electrons. The number of anilines is 1. The fraction of sp³-hybridized carbons (Fsp3) is 0.278. The topological polar surface area (TPSA) is 41.1 Å². The highest BCUT2D eigenvalue weighted by Gasteiger charge is 2.05. The molecule has 2 aromatic carbocycles. The van der Waals surface area contributed by atoms with Gasteiger partial charge in [0.15, 0.2) is 0 Å². The van der Waals surface area contributed by atoms with E-state index in [2.05, 4.69) is 30.5 Å². The van der Waals surface area contributed by atoms with Crippen LogP contribution in [0.15, 0.2) is 42.5 Å². The van der Waals surface area contributed by atoms with Gasteiger partial charge < -0.3 is 10.6 Å². The zero-order valence-electron chi connectivity index (χ0n) is 12.9. The Hall–Kier alpha value is -2.36. The minimum absolute atomic E-state index is 0.0962. The number of aryl methyl sites for hydroxylation is 1. The van der Waals surface area contributed by atoms with E-state index in [0.717, 1.165) is 5.69 Å². The van der Waals surface area contributed by atoms with Gasteiger partial charge in [-0.05, 0) is 37.1 Å². The van der Waals surface area contributed by atoms with Crippen molar-refractivity contribution in [2.75, 3.05) is 11.9 Å². The molecule has 2 N–H and O–H groups in total. The molecule has 0 aliphatic rings. The van der Waals surface area contributed by atoms with Gasteiger partial charge in [-0.15, -0.1) is 0 Å². The molecule has 0 aliphatic heterocycles. The van der Waals surface area contributed by atoms with E-state index < -0.39 is 0 Å². The van der Waals surface area contributed by atoms with Gasteiger partial charge >= 0.3 is 0 Å². The van der Waals surface area contributed by atoms with Crippen LogP contribution in [0, 0.1) is 19.7 Å². The van der Waals surface area contributed by atoms with Crippen LogP contribution in [-0.4, -0.2) is 12.5 Å². The molecule has 0 aromatic heterocycles. The Morgan fingerprint density at radius 3 is 2.64 bits per heavy atom. The minimum Gasteiger partial charge on any atom is -0.384 e. The normalized spacial score (nSPS) is 10.3. The zero-order valence-corrected chi connectivity index (χ0v) is 12.9. The Morgan fingerprint density at radius 1 is 1.09 bits per heavy atom. The monoisotopic (exact) mass is 300 g/mol. The predicted molar refractivity (Wildman–Crippen MR) is 87.3 cm³/mol. The first-order valence-corrected chi connectivity index (χ1v) is 7.38. The van der Waals surface area contributed by atoms with Crippen LogP contribution in [0.2, 0.25) is 0 Å². The van der Waals surface area contributed by atoms with Crippen molar-refractivity contribution >= 4 is 11.6 Å². The molecular formula is C18H21FN2O. The first-order valence-electron chi connectivity index (χ1n) is 7.38. The van der Waals surface area contributed by atoms with Gasteiger partial charge in [-0.1, -0.05) is 30.3 Å². The van der Waals surface area contributed by atoms with Crippen molar-refractivity contribution in [3.8, 4) is 0 Å². The van der Waals surface area contributed by atoms with Crippen molar-refractivity contribution in [3.63, 3.8) is 0 Å². The largest absolute Gasteiger partial charge is 0.384 e. The Labute approximate surface area is 130 Å². The molecule has 0 fully saturated rings. The number of carbonyl (C=O) groups is 1. The smallest absolute Gasteiger partial charge is 0.222 e. The van der Waals surface area contributed by atoms with Crippen molar-refractivity contribution in [2.24, 2.45) is 0 Å². The van der Waals surface area contributed by atoms with Crippen LogP contribution in [0.3, 0.4) is 0 Å². The summed E-state index contributed by atoms with van der Waals surface area (Å²) in [6.07, 6.45) is 0.349. The highest BCUT2D eigenvalue weighted by atomic mass is 19.1. The third kappa shape index (κ3) is 4.32. The SMILES string of the molecule is Cc1cccc(NCCC(=O)NCc2ccccc2F)c1C. The lowest BCUT2D eigenvalue weighted by Crippen LogP contribution is -2.25. The van der Waals surface area contributed by atoms with Crippen molar-refractivity contribution in [3.05, 3.63) is 65.0 Å². The Bertz CT molecular complexity index is 655. The third-order valence-electron chi connectivity index (χ3n) is 3.71. The maximum absolute atomic E-state index is 13.4. The Kier molecular flexibility index (Phi) is 5.53. The molecule has 0 unspecified atom stereocenters.